The van der Waals surface area contributed by atoms with E-state index in [-0.39, 0.29) is 0 Å². The molecule has 0 heteroatoms. The molecular weight excluding hydrogens is 180 g/mol. The molecule has 2 aliphatic rings. The number of hydrogen-bond acceptors (Lipinski definition) is 0. The second-order valence-electron chi connectivity index (χ2n) is 7.13. The predicted molar refractivity (Wildman–Crippen MR) is 66.9 cm³/mol. The molecule has 0 aromatic rings. The molecule has 0 aromatic carbocycles. The third-order valence-corrected chi connectivity index (χ3v) is 4.91. The fourth-order valence-electron chi connectivity index (χ4n) is 3.79. The van der Waals surface area contributed by atoms with E-state index in [1.807, 2.05) is 0 Å². The molecule has 0 radical (unpaired) electrons. The Bertz CT molecular complexity index is 193. The third-order valence-electron chi connectivity index (χ3n) is 4.91. The lowest BCUT2D eigenvalue weighted by Gasteiger charge is -2.27. The Morgan fingerprint density at radius 3 is 2.07 bits per heavy atom. The smallest absolute Gasteiger partial charge is 0.0354 e. The first kappa shape index (κ1) is 11.5. The maximum Gasteiger partial charge on any atom is -0.0354 e. The van der Waals surface area contributed by atoms with Gasteiger partial charge in [0.2, 0.25) is 0 Å². The van der Waals surface area contributed by atoms with Crippen LogP contribution in [-0.4, -0.2) is 0 Å². The van der Waals surface area contributed by atoms with Crippen LogP contribution in [0.15, 0.2) is 0 Å². The fraction of sp³-hybridized carbons (Fsp3) is 1.00. The van der Waals surface area contributed by atoms with Crippen LogP contribution in [0.25, 0.3) is 0 Å². The fourth-order valence-corrected chi connectivity index (χ4v) is 3.79. The van der Waals surface area contributed by atoms with Gasteiger partial charge in [-0.25, -0.2) is 0 Å². The minimum atomic E-state index is 0.560. The van der Waals surface area contributed by atoms with E-state index in [2.05, 4.69) is 20.8 Å². The predicted octanol–water partition coefficient (Wildman–Crippen LogP) is 5.03. The van der Waals surface area contributed by atoms with Gasteiger partial charge in [-0.15, -0.1) is 0 Å². The van der Waals surface area contributed by atoms with Crippen molar-refractivity contribution in [3.63, 3.8) is 0 Å². The van der Waals surface area contributed by atoms with Crippen LogP contribution in [0, 0.1) is 23.2 Å². The van der Waals surface area contributed by atoms with Crippen LogP contribution in [0.2, 0.25) is 0 Å². The molecular formula is C15H28. The highest BCUT2D eigenvalue weighted by Crippen LogP contribution is 2.45. The molecule has 0 N–H and O–H groups in total. The highest BCUT2D eigenvalue weighted by atomic mass is 14.4. The van der Waals surface area contributed by atoms with Crippen LogP contribution >= 0.6 is 0 Å². The summed E-state index contributed by atoms with van der Waals surface area (Å²) in [5.74, 6) is 3.19. The molecule has 2 aliphatic carbocycles. The molecule has 0 spiro atoms. The lowest BCUT2D eigenvalue weighted by molar-refractivity contribution is 0.233. The second kappa shape index (κ2) is 4.47. The van der Waals surface area contributed by atoms with E-state index in [4.69, 9.17) is 0 Å². The Balaban J connectivity index is 1.77. The first-order valence-electron chi connectivity index (χ1n) is 7.05. The standard InChI is InChI=1S/C15H28/c1-15(2,3)14-9-8-13(11-14)10-12-6-4-5-7-12/h12-14H,4-11H2,1-3H3. The molecule has 0 aromatic heterocycles. The van der Waals surface area contributed by atoms with Crippen molar-refractivity contribution in [2.45, 2.75) is 72.1 Å². The van der Waals surface area contributed by atoms with Gasteiger partial charge in [-0.1, -0.05) is 52.9 Å². The molecule has 0 bridgehead atoms. The summed E-state index contributed by atoms with van der Waals surface area (Å²) in [6, 6.07) is 0. The summed E-state index contributed by atoms with van der Waals surface area (Å²) < 4.78 is 0. The van der Waals surface area contributed by atoms with Crippen LogP contribution in [0.1, 0.15) is 72.1 Å². The van der Waals surface area contributed by atoms with Crippen molar-refractivity contribution in [1.29, 1.82) is 0 Å². The van der Waals surface area contributed by atoms with E-state index in [1.165, 1.54) is 44.9 Å². The average Bonchev–Trinajstić information content (AvgIpc) is 2.73. The monoisotopic (exact) mass is 208 g/mol. The largest absolute Gasteiger partial charge is 0.0599 e. The summed E-state index contributed by atoms with van der Waals surface area (Å²) in [4.78, 5) is 0. The summed E-state index contributed by atoms with van der Waals surface area (Å²) in [6.45, 7) is 7.28. The van der Waals surface area contributed by atoms with Crippen LogP contribution in [0.5, 0.6) is 0 Å². The molecule has 2 saturated carbocycles. The van der Waals surface area contributed by atoms with Crippen LogP contribution in [0.4, 0.5) is 0 Å². The molecule has 88 valence electrons. The van der Waals surface area contributed by atoms with Gasteiger partial charge in [0.1, 0.15) is 0 Å². The van der Waals surface area contributed by atoms with Crippen molar-refractivity contribution in [1.82, 2.24) is 0 Å². The summed E-state index contributed by atoms with van der Waals surface area (Å²) in [5.41, 5.74) is 0.560. The van der Waals surface area contributed by atoms with Crippen molar-refractivity contribution < 1.29 is 0 Å². The lowest BCUT2D eigenvalue weighted by Crippen LogP contribution is -2.17. The molecule has 2 rings (SSSR count). The highest BCUT2D eigenvalue weighted by molar-refractivity contribution is 4.85. The Kier molecular flexibility index (Phi) is 3.42. The minimum absolute atomic E-state index is 0.560. The van der Waals surface area contributed by atoms with Gasteiger partial charge in [0, 0.05) is 0 Å². The van der Waals surface area contributed by atoms with E-state index < -0.39 is 0 Å². The van der Waals surface area contributed by atoms with E-state index in [9.17, 15) is 0 Å². The van der Waals surface area contributed by atoms with Gasteiger partial charge in [0.05, 0.1) is 0 Å². The maximum atomic E-state index is 2.43. The molecule has 0 aliphatic heterocycles. The van der Waals surface area contributed by atoms with Gasteiger partial charge in [0.25, 0.3) is 0 Å². The summed E-state index contributed by atoms with van der Waals surface area (Å²) in [5, 5.41) is 0. The van der Waals surface area contributed by atoms with E-state index in [0.29, 0.717) is 5.41 Å². The minimum Gasteiger partial charge on any atom is -0.0599 e. The molecule has 0 amide bonds. The average molecular weight is 208 g/mol. The molecule has 0 heterocycles. The SMILES string of the molecule is CC(C)(C)C1CCC(CC2CCCC2)C1. The Labute approximate surface area is 95.8 Å². The van der Waals surface area contributed by atoms with E-state index in [0.717, 1.165) is 17.8 Å². The maximum absolute atomic E-state index is 2.43. The normalized spacial score (nSPS) is 33.8. The van der Waals surface area contributed by atoms with E-state index in [1.54, 1.807) is 6.42 Å². The van der Waals surface area contributed by atoms with Crippen molar-refractivity contribution in [2.75, 3.05) is 0 Å². The summed E-state index contributed by atoms with van der Waals surface area (Å²) in [6.07, 6.45) is 12.2. The molecule has 2 fully saturated rings. The molecule has 15 heavy (non-hydrogen) atoms. The van der Waals surface area contributed by atoms with Crippen LogP contribution in [-0.2, 0) is 0 Å². The molecule has 0 nitrogen and oxygen atoms in total. The Morgan fingerprint density at radius 1 is 0.867 bits per heavy atom. The molecule has 2 atom stereocenters. The van der Waals surface area contributed by atoms with Gasteiger partial charge in [-0.3, -0.25) is 0 Å². The van der Waals surface area contributed by atoms with Gasteiger partial charge in [0.15, 0.2) is 0 Å². The molecule has 0 saturated heterocycles. The van der Waals surface area contributed by atoms with Gasteiger partial charge in [-0.05, 0) is 42.4 Å². The zero-order valence-electron chi connectivity index (χ0n) is 10.9. The van der Waals surface area contributed by atoms with Gasteiger partial charge < -0.3 is 0 Å². The number of rotatable bonds is 2. The number of hydrogen-bond donors (Lipinski definition) is 0. The Morgan fingerprint density at radius 2 is 1.53 bits per heavy atom. The van der Waals surface area contributed by atoms with Crippen LogP contribution < -0.4 is 0 Å². The van der Waals surface area contributed by atoms with Crippen molar-refractivity contribution >= 4 is 0 Å². The van der Waals surface area contributed by atoms with Crippen LogP contribution in [0.3, 0.4) is 0 Å². The van der Waals surface area contributed by atoms with Crippen molar-refractivity contribution in [2.24, 2.45) is 23.2 Å². The third kappa shape index (κ3) is 2.98. The van der Waals surface area contributed by atoms with Gasteiger partial charge in [-0.2, -0.15) is 0 Å². The zero-order valence-corrected chi connectivity index (χ0v) is 10.9. The first-order valence-corrected chi connectivity index (χ1v) is 7.05. The second-order valence-corrected chi connectivity index (χ2v) is 7.13. The van der Waals surface area contributed by atoms with Gasteiger partial charge >= 0.3 is 0 Å². The van der Waals surface area contributed by atoms with E-state index >= 15 is 0 Å². The Hall–Kier alpha value is 0. The van der Waals surface area contributed by atoms with Crippen molar-refractivity contribution in [3.8, 4) is 0 Å². The quantitative estimate of drug-likeness (QED) is 0.597. The zero-order chi connectivity index (χ0) is 10.9. The van der Waals surface area contributed by atoms with Crippen molar-refractivity contribution in [3.05, 3.63) is 0 Å². The molecule has 2 unspecified atom stereocenters. The highest BCUT2D eigenvalue weighted by Gasteiger charge is 2.34. The topological polar surface area (TPSA) is 0 Å². The summed E-state index contributed by atoms with van der Waals surface area (Å²) in [7, 11) is 0. The summed E-state index contributed by atoms with van der Waals surface area (Å²) >= 11 is 0. The lowest BCUT2D eigenvalue weighted by atomic mass is 9.79. The first-order chi connectivity index (χ1) is 7.05.